The van der Waals surface area contributed by atoms with Crippen LogP contribution in [0.4, 0.5) is 0 Å². The highest BCUT2D eigenvalue weighted by Gasteiger charge is 2.35. The Kier molecular flexibility index (Phi) is 6.40. The molecule has 0 aromatic rings. The summed E-state index contributed by atoms with van der Waals surface area (Å²) in [5.74, 6) is -1.82. The van der Waals surface area contributed by atoms with E-state index in [1.54, 1.807) is 4.90 Å². The van der Waals surface area contributed by atoms with Crippen LogP contribution in [0.5, 0.6) is 0 Å². The fourth-order valence-corrected chi connectivity index (χ4v) is 1.98. The lowest BCUT2D eigenvalue weighted by Crippen LogP contribution is -2.46. The fraction of sp³-hybridized carbons (Fsp3) is 0.750. The molecule has 8 nitrogen and oxygen atoms in total. The fourth-order valence-electron chi connectivity index (χ4n) is 1.98. The summed E-state index contributed by atoms with van der Waals surface area (Å²) in [6.07, 6.45) is 0.0921. The molecule has 0 aromatic heterocycles. The van der Waals surface area contributed by atoms with Gasteiger partial charge in [0.15, 0.2) is 6.04 Å². The van der Waals surface area contributed by atoms with Gasteiger partial charge in [-0.2, -0.15) is 0 Å². The molecular formula is C12H20N2O6. The number of nitrogens with one attached hydrogen (secondary N) is 1. The van der Waals surface area contributed by atoms with Crippen molar-refractivity contribution in [1.82, 2.24) is 10.2 Å². The van der Waals surface area contributed by atoms with E-state index < -0.39 is 30.4 Å². The highest BCUT2D eigenvalue weighted by molar-refractivity contribution is 5.91. The molecule has 1 aliphatic rings. The number of hydrogen-bond donors (Lipinski definition) is 2. The van der Waals surface area contributed by atoms with Gasteiger partial charge in [0.1, 0.15) is 0 Å². The molecule has 1 rings (SSSR count). The lowest BCUT2D eigenvalue weighted by molar-refractivity contribution is -0.146. The Bertz CT molecular complexity index is 373. The molecule has 8 heteroatoms. The van der Waals surface area contributed by atoms with Gasteiger partial charge in [0.2, 0.25) is 11.8 Å². The minimum atomic E-state index is -1.10. The molecule has 1 saturated heterocycles. The van der Waals surface area contributed by atoms with Gasteiger partial charge >= 0.3 is 5.97 Å². The van der Waals surface area contributed by atoms with Gasteiger partial charge in [0.05, 0.1) is 26.2 Å². The smallest absolute Gasteiger partial charge is 0.330 e. The Balaban J connectivity index is 2.52. The Morgan fingerprint density at radius 1 is 1.50 bits per heavy atom. The second-order valence-corrected chi connectivity index (χ2v) is 4.50. The largest absolute Gasteiger partial charge is 0.467 e. The van der Waals surface area contributed by atoms with Gasteiger partial charge in [-0.1, -0.05) is 0 Å². The first-order chi connectivity index (χ1) is 9.53. The minimum absolute atomic E-state index is 0.0921. The third-order valence-electron chi connectivity index (χ3n) is 3.14. The van der Waals surface area contributed by atoms with Crippen LogP contribution in [-0.2, 0) is 23.9 Å². The molecule has 0 bridgehead atoms. The maximum Gasteiger partial charge on any atom is 0.330 e. The van der Waals surface area contributed by atoms with Crippen molar-refractivity contribution in [3.05, 3.63) is 0 Å². The van der Waals surface area contributed by atoms with Gasteiger partial charge in [-0.3, -0.25) is 9.59 Å². The number of likely N-dealkylation sites (tertiary alicyclic amines) is 1. The van der Waals surface area contributed by atoms with Crippen LogP contribution < -0.4 is 5.32 Å². The quantitative estimate of drug-likeness (QED) is 0.532. The number of rotatable bonds is 7. The topological polar surface area (TPSA) is 105 Å². The number of carbonyl (C=O) groups is 3. The zero-order chi connectivity index (χ0) is 15.1. The third-order valence-corrected chi connectivity index (χ3v) is 3.14. The van der Waals surface area contributed by atoms with Crippen LogP contribution in [-0.4, -0.2) is 74.4 Å². The molecule has 2 unspecified atom stereocenters. The molecule has 2 amide bonds. The second-order valence-electron chi connectivity index (χ2n) is 4.50. The average Bonchev–Trinajstić information content (AvgIpc) is 2.82. The van der Waals surface area contributed by atoms with Crippen LogP contribution >= 0.6 is 0 Å². The van der Waals surface area contributed by atoms with Gasteiger partial charge < -0.3 is 24.8 Å². The number of methoxy groups -OCH3 is 2. The Hall–Kier alpha value is -1.67. The molecule has 1 fully saturated rings. The average molecular weight is 288 g/mol. The van der Waals surface area contributed by atoms with Crippen molar-refractivity contribution >= 4 is 17.8 Å². The molecule has 20 heavy (non-hydrogen) atoms. The van der Waals surface area contributed by atoms with Crippen molar-refractivity contribution < 1.29 is 29.0 Å². The SMILES string of the molecule is COCCN1CC(C(=O)NC(CO)C(=O)OC)CC1=O. The second kappa shape index (κ2) is 7.81. The number of carbonyl (C=O) groups excluding carboxylic acids is 3. The van der Waals surface area contributed by atoms with E-state index in [0.29, 0.717) is 13.2 Å². The first-order valence-corrected chi connectivity index (χ1v) is 6.29. The van der Waals surface area contributed by atoms with Crippen LogP contribution in [0.3, 0.4) is 0 Å². The highest BCUT2D eigenvalue weighted by Crippen LogP contribution is 2.17. The molecule has 1 heterocycles. The predicted molar refractivity (Wildman–Crippen MR) is 67.6 cm³/mol. The highest BCUT2D eigenvalue weighted by atomic mass is 16.5. The molecule has 0 saturated carbocycles. The van der Waals surface area contributed by atoms with Crippen LogP contribution in [0, 0.1) is 5.92 Å². The summed E-state index contributed by atoms with van der Waals surface area (Å²) in [5, 5.41) is 11.4. The number of nitrogens with zero attached hydrogens (tertiary/aromatic N) is 1. The van der Waals surface area contributed by atoms with E-state index in [1.165, 1.54) is 14.2 Å². The van der Waals surface area contributed by atoms with Crippen molar-refractivity contribution in [3.8, 4) is 0 Å². The maximum atomic E-state index is 12.0. The zero-order valence-corrected chi connectivity index (χ0v) is 11.6. The van der Waals surface area contributed by atoms with E-state index in [-0.39, 0.29) is 18.9 Å². The standard InChI is InChI=1S/C12H20N2O6/c1-19-4-3-14-6-8(5-10(14)16)11(17)13-9(7-15)12(18)20-2/h8-9,15H,3-7H2,1-2H3,(H,13,17). The maximum absolute atomic E-state index is 12.0. The van der Waals surface area contributed by atoms with E-state index >= 15 is 0 Å². The Morgan fingerprint density at radius 3 is 2.75 bits per heavy atom. The molecule has 0 aromatic carbocycles. The first kappa shape index (κ1) is 16.4. The van der Waals surface area contributed by atoms with Crippen LogP contribution in [0.15, 0.2) is 0 Å². The van der Waals surface area contributed by atoms with Gasteiger partial charge in [-0.15, -0.1) is 0 Å². The number of amides is 2. The van der Waals surface area contributed by atoms with Crippen molar-refractivity contribution in [2.75, 3.05) is 40.5 Å². The molecule has 1 aliphatic heterocycles. The summed E-state index contributed by atoms with van der Waals surface area (Å²) >= 11 is 0. The molecule has 0 spiro atoms. The van der Waals surface area contributed by atoms with Crippen molar-refractivity contribution in [1.29, 1.82) is 0 Å². The van der Waals surface area contributed by atoms with E-state index in [2.05, 4.69) is 10.1 Å². The molecule has 114 valence electrons. The van der Waals surface area contributed by atoms with E-state index in [4.69, 9.17) is 9.84 Å². The normalized spacial score (nSPS) is 19.9. The van der Waals surface area contributed by atoms with Gasteiger partial charge in [0.25, 0.3) is 0 Å². The van der Waals surface area contributed by atoms with Crippen LogP contribution in [0.25, 0.3) is 0 Å². The summed E-state index contributed by atoms with van der Waals surface area (Å²) < 4.78 is 9.34. The van der Waals surface area contributed by atoms with Crippen molar-refractivity contribution in [3.63, 3.8) is 0 Å². The number of aliphatic hydroxyl groups excluding tert-OH is 1. The summed E-state index contributed by atoms with van der Waals surface area (Å²) in [7, 11) is 2.70. The van der Waals surface area contributed by atoms with Crippen LogP contribution in [0.1, 0.15) is 6.42 Å². The van der Waals surface area contributed by atoms with Crippen molar-refractivity contribution in [2.45, 2.75) is 12.5 Å². The number of hydrogen-bond acceptors (Lipinski definition) is 6. The minimum Gasteiger partial charge on any atom is -0.467 e. The van der Waals surface area contributed by atoms with Gasteiger partial charge in [-0.25, -0.2) is 4.79 Å². The lowest BCUT2D eigenvalue weighted by atomic mass is 10.1. The van der Waals surface area contributed by atoms with E-state index in [9.17, 15) is 14.4 Å². The van der Waals surface area contributed by atoms with Crippen molar-refractivity contribution in [2.24, 2.45) is 5.92 Å². The van der Waals surface area contributed by atoms with E-state index in [1.807, 2.05) is 0 Å². The molecule has 2 atom stereocenters. The zero-order valence-electron chi connectivity index (χ0n) is 11.6. The molecule has 0 aliphatic carbocycles. The molecular weight excluding hydrogens is 268 g/mol. The lowest BCUT2D eigenvalue weighted by Gasteiger charge is -2.18. The molecule has 2 N–H and O–H groups in total. The number of esters is 1. The Morgan fingerprint density at radius 2 is 2.20 bits per heavy atom. The van der Waals surface area contributed by atoms with Gasteiger partial charge in [0, 0.05) is 26.6 Å². The monoisotopic (exact) mass is 288 g/mol. The molecule has 0 radical (unpaired) electrons. The first-order valence-electron chi connectivity index (χ1n) is 6.29. The summed E-state index contributed by atoms with van der Waals surface area (Å²) in [4.78, 5) is 36.5. The summed E-state index contributed by atoms with van der Waals surface area (Å²) in [5.41, 5.74) is 0. The van der Waals surface area contributed by atoms with Gasteiger partial charge in [-0.05, 0) is 0 Å². The van der Waals surface area contributed by atoms with E-state index in [0.717, 1.165) is 0 Å². The Labute approximate surface area is 117 Å². The summed E-state index contributed by atoms with van der Waals surface area (Å²) in [6, 6.07) is -1.10. The third kappa shape index (κ3) is 4.17. The number of ether oxygens (including phenoxy) is 2. The number of aliphatic hydroxyl groups is 1. The predicted octanol–water partition coefficient (Wildman–Crippen LogP) is -1.87. The summed E-state index contributed by atoms with van der Waals surface area (Å²) in [6.45, 7) is 0.570. The van der Waals surface area contributed by atoms with Crippen LogP contribution in [0.2, 0.25) is 0 Å².